The first-order chi connectivity index (χ1) is 9.24. The molecule has 3 rings (SSSR count). The van der Waals surface area contributed by atoms with Gasteiger partial charge in [-0.05, 0) is 40.9 Å². The number of nitrogens with one attached hydrogen (secondary N) is 1. The van der Waals surface area contributed by atoms with E-state index in [0.29, 0.717) is 5.92 Å². The second-order valence-electron chi connectivity index (χ2n) is 5.02. The molecular formula is C14H16BrN3O. The number of fused-ring (bicyclic) bond motifs is 1. The molecule has 100 valence electrons. The van der Waals surface area contributed by atoms with Crippen LogP contribution in [-0.2, 0) is 0 Å². The predicted octanol–water partition coefficient (Wildman–Crippen LogP) is 2.97. The first-order valence-corrected chi connectivity index (χ1v) is 7.35. The molecule has 0 aromatic carbocycles. The fraction of sp³-hybridized carbons (Fsp3) is 0.429. The van der Waals surface area contributed by atoms with Gasteiger partial charge in [0.1, 0.15) is 5.52 Å². The second-order valence-corrected chi connectivity index (χ2v) is 5.93. The Morgan fingerprint density at radius 2 is 2.26 bits per heavy atom. The van der Waals surface area contributed by atoms with Gasteiger partial charge in [0.2, 0.25) is 0 Å². The molecule has 0 radical (unpaired) electrons. The fourth-order valence-corrected chi connectivity index (χ4v) is 2.96. The summed E-state index contributed by atoms with van der Waals surface area (Å²) in [5.41, 5.74) is 2.72. The van der Waals surface area contributed by atoms with E-state index >= 15 is 0 Å². The topological polar surface area (TPSA) is 58.0 Å². The van der Waals surface area contributed by atoms with E-state index in [4.69, 9.17) is 0 Å². The van der Waals surface area contributed by atoms with Gasteiger partial charge in [-0.1, -0.05) is 6.42 Å². The van der Waals surface area contributed by atoms with Gasteiger partial charge >= 0.3 is 0 Å². The Hall–Kier alpha value is -1.20. The number of halogens is 1. The highest BCUT2D eigenvalue weighted by Gasteiger charge is 2.24. The van der Waals surface area contributed by atoms with E-state index in [-0.39, 0.29) is 6.10 Å². The zero-order valence-electron chi connectivity index (χ0n) is 10.5. The molecule has 1 fully saturated rings. The van der Waals surface area contributed by atoms with E-state index in [9.17, 15) is 5.11 Å². The van der Waals surface area contributed by atoms with E-state index in [1.165, 1.54) is 0 Å². The molecule has 0 amide bonds. The maximum Gasteiger partial charge on any atom is 0.112 e. The molecule has 1 aliphatic carbocycles. The Morgan fingerprint density at radius 3 is 3.05 bits per heavy atom. The Morgan fingerprint density at radius 1 is 1.37 bits per heavy atom. The van der Waals surface area contributed by atoms with Gasteiger partial charge in [0.15, 0.2) is 0 Å². The van der Waals surface area contributed by atoms with Crippen molar-refractivity contribution in [1.82, 2.24) is 9.97 Å². The van der Waals surface area contributed by atoms with Crippen molar-refractivity contribution in [3.8, 4) is 0 Å². The predicted molar refractivity (Wildman–Crippen MR) is 79.1 cm³/mol. The number of hydrogen-bond donors (Lipinski definition) is 2. The number of anilines is 1. The van der Waals surface area contributed by atoms with Crippen molar-refractivity contribution in [2.24, 2.45) is 5.92 Å². The van der Waals surface area contributed by atoms with Crippen LogP contribution in [0.5, 0.6) is 0 Å². The summed E-state index contributed by atoms with van der Waals surface area (Å²) in [6.07, 6.45) is 6.53. The molecule has 19 heavy (non-hydrogen) atoms. The summed E-state index contributed by atoms with van der Waals surface area (Å²) in [4.78, 5) is 8.73. The van der Waals surface area contributed by atoms with Gasteiger partial charge in [-0.15, -0.1) is 0 Å². The van der Waals surface area contributed by atoms with Gasteiger partial charge < -0.3 is 10.4 Å². The zero-order chi connectivity index (χ0) is 13.2. The minimum absolute atomic E-state index is 0.164. The first kappa shape index (κ1) is 12.8. The lowest BCUT2D eigenvalue weighted by molar-refractivity contribution is 0.138. The smallest absolute Gasteiger partial charge is 0.112 e. The zero-order valence-corrected chi connectivity index (χ0v) is 12.1. The van der Waals surface area contributed by atoms with Crippen LogP contribution in [-0.4, -0.2) is 27.7 Å². The third-order valence-corrected chi connectivity index (χ3v) is 4.15. The number of aliphatic hydroxyl groups is 1. The van der Waals surface area contributed by atoms with Crippen LogP contribution in [0, 0.1) is 5.92 Å². The van der Waals surface area contributed by atoms with Crippen molar-refractivity contribution in [3.05, 3.63) is 29.0 Å². The third-order valence-electron chi connectivity index (χ3n) is 3.72. The van der Waals surface area contributed by atoms with Crippen molar-refractivity contribution < 1.29 is 5.11 Å². The summed E-state index contributed by atoms with van der Waals surface area (Å²) in [6, 6.07) is 3.89. The van der Waals surface area contributed by atoms with Crippen molar-refractivity contribution in [2.45, 2.75) is 25.4 Å². The molecule has 2 aromatic heterocycles. The molecule has 0 spiro atoms. The molecule has 2 N–H and O–H groups in total. The standard InChI is InChI=1S/C14H16BrN3O/c15-10-6-12-14(18-8-10)11(4-5-16-12)17-7-9-2-1-3-13(9)19/h4-6,8-9,13,19H,1-3,7H2,(H,16,17). The van der Waals surface area contributed by atoms with E-state index < -0.39 is 0 Å². The highest BCUT2D eigenvalue weighted by atomic mass is 79.9. The Labute approximate surface area is 120 Å². The second kappa shape index (κ2) is 5.43. The van der Waals surface area contributed by atoms with Crippen LogP contribution in [0.15, 0.2) is 29.0 Å². The lowest BCUT2D eigenvalue weighted by Gasteiger charge is -2.16. The lowest BCUT2D eigenvalue weighted by atomic mass is 10.1. The Kier molecular flexibility index (Phi) is 3.66. The van der Waals surface area contributed by atoms with Gasteiger partial charge in [0.25, 0.3) is 0 Å². The van der Waals surface area contributed by atoms with Crippen LogP contribution in [0.25, 0.3) is 11.0 Å². The van der Waals surface area contributed by atoms with Crippen molar-refractivity contribution in [1.29, 1.82) is 0 Å². The van der Waals surface area contributed by atoms with Crippen molar-refractivity contribution >= 4 is 32.7 Å². The average molecular weight is 322 g/mol. The Bertz CT molecular complexity index is 590. The van der Waals surface area contributed by atoms with Crippen molar-refractivity contribution in [3.63, 3.8) is 0 Å². The summed E-state index contributed by atoms with van der Waals surface area (Å²) in [5, 5.41) is 13.2. The summed E-state index contributed by atoms with van der Waals surface area (Å²) in [7, 11) is 0. The number of nitrogens with zero attached hydrogens (tertiary/aromatic N) is 2. The summed E-state index contributed by atoms with van der Waals surface area (Å²) >= 11 is 3.40. The van der Waals surface area contributed by atoms with Crippen LogP contribution in [0.3, 0.4) is 0 Å². The number of aliphatic hydroxyl groups excluding tert-OH is 1. The third kappa shape index (κ3) is 2.72. The summed E-state index contributed by atoms with van der Waals surface area (Å²) < 4.78 is 0.927. The average Bonchev–Trinajstić information content (AvgIpc) is 2.81. The highest BCUT2D eigenvalue weighted by Crippen LogP contribution is 2.27. The van der Waals surface area contributed by atoms with E-state index in [1.54, 1.807) is 12.4 Å². The minimum atomic E-state index is -0.164. The van der Waals surface area contributed by atoms with Crippen LogP contribution in [0.2, 0.25) is 0 Å². The maximum atomic E-state index is 9.84. The van der Waals surface area contributed by atoms with Crippen LogP contribution in [0.4, 0.5) is 5.69 Å². The van der Waals surface area contributed by atoms with E-state index in [2.05, 4.69) is 31.2 Å². The quantitative estimate of drug-likeness (QED) is 0.912. The molecule has 2 heterocycles. The largest absolute Gasteiger partial charge is 0.393 e. The molecule has 5 heteroatoms. The normalized spacial score (nSPS) is 22.8. The molecule has 1 aliphatic rings. The monoisotopic (exact) mass is 321 g/mol. The van der Waals surface area contributed by atoms with Gasteiger partial charge in [-0.25, -0.2) is 0 Å². The van der Waals surface area contributed by atoms with E-state index in [0.717, 1.165) is 47.0 Å². The van der Waals surface area contributed by atoms with Gasteiger partial charge in [-0.3, -0.25) is 9.97 Å². The first-order valence-electron chi connectivity index (χ1n) is 6.56. The maximum absolute atomic E-state index is 9.84. The molecule has 2 atom stereocenters. The number of pyridine rings is 2. The van der Waals surface area contributed by atoms with Crippen LogP contribution < -0.4 is 5.32 Å². The molecule has 0 aliphatic heterocycles. The number of aromatic nitrogens is 2. The number of hydrogen-bond acceptors (Lipinski definition) is 4. The molecule has 2 aromatic rings. The Balaban J connectivity index is 1.81. The van der Waals surface area contributed by atoms with Crippen LogP contribution >= 0.6 is 15.9 Å². The summed E-state index contributed by atoms with van der Waals surface area (Å²) in [5.74, 6) is 0.346. The molecule has 0 saturated heterocycles. The van der Waals surface area contributed by atoms with E-state index in [1.807, 2.05) is 12.1 Å². The molecule has 1 saturated carbocycles. The highest BCUT2D eigenvalue weighted by molar-refractivity contribution is 9.10. The molecule has 0 bridgehead atoms. The fourth-order valence-electron chi connectivity index (χ4n) is 2.64. The SMILES string of the molecule is OC1CCCC1CNc1ccnc2cc(Br)cnc12. The lowest BCUT2D eigenvalue weighted by Crippen LogP contribution is -2.22. The van der Waals surface area contributed by atoms with Crippen molar-refractivity contribution in [2.75, 3.05) is 11.9 Å². The minimum Gasteiger partial charge on any atom is -0.393 e. The van der Waals surface area contributed by atoms with Gasteiger partial charge in [-0.2, -0.15) is 0 Å². The van der Waals surface area contributed by atoms with Gasteiger partial charge in [0, 0.05) is 29.3 Å². The molecule has 4 nitrogen and oxygen atoms in total. The summed E-state index contributed by atoms with van der Waals surface area (Å²) in [6.45, 7) is 0.790. The molecule has 2 unspecified atom stereocenters. The number of rotatable bonds is 3. The molecular weight excluding hydrogens is 306 g/mol. The van der Waals surface area contributed by atoms with Crippen LogP contribution in [0.1, 0.15) is 19.3 Å². The van der Waals surface area contributed by atoms with Gasteiger partial charge in [0.05, 0.1) is 17.3 Å².